The average molecular weight is 439 g/mol. The van der Waals surface area contributed by atoms with Crippen LogP contribution in [0.5, 0.6) is 5.75 Å². The first kappa shape index (κ1) is 25.4. The molecule has 32 heavy (non-hydrogen) atoms. The van der Waals surface area contributed by atoms with E-state index in [9.17, 15) is 9.59 Å². The van der Waals surface area contributed by atoms with Crippen molar-refractivity contribution in [3.63, 3.8) is 0 Å². The Balaban J connectivity index is 2.20. The molecule has 1 unspecified atom stereocenters. The maximum Gasteiger partial charge on any atom is 0.261 e. The number of benzene rings is 2. The summed E-state index contributed by atoms with van der Waals surface area (Å²) in [7, 11) is 0. The van der Waals surface area contributed by atoms with E-state index in [1.807, 2.05) is 55.5 Å². The SMILES string of the molecule is CCCCNC(=O)C(C)N(Cc1ccccc1C)C(=O)COc1ccccc1C(C)(C)C. The molecule has 1 N–H and O–H groups in total. The van der Waals surface area contributed by atoms with Crippen LogP contribution in [0.4, 0.5) is 0 Å². The lowest BCUT2D eigenvalue weighted by molar-refractivity contribution is -0.142. The molecule has 0 aliphatic heterocycles. The van der Waals surface area contributed by atoms with Crippen LogP contribution in [-0.2, 0) is 21.5 Å². The quantitative estimate of drug-likeness (QED) is 0.531. The summed E-state index contributed by atoms with van der Waals surface area (Å²) in [6, 6.07) is 15.1. The van der Waals surface area contributed by atoms with Crippen LogP contribution in [0.3, 0.4) is 0 Å². The van der Waals surface area contributed by atoms with Gasteiger partial charge in [-0.2, -0.15) is 0 Å². The molecule has 5 nitrogen and oxygen atoms in total. The van der Waals surface area contributed by atoms with Gasteiger partial charge in [-0.1, -0.05) is 76.6 Å². The van der Waals surface area contributed by atoms with E-state index in [0.717, 1.165) is 29.5 Å². The highest BCUT2D eigenvalue weighted by molar-refractivity contribution is 5.88. The molecule has 2 rings (SSSR count). The number of aryl methyl sites for hydroxylation is 1. The van der Waals surface area contributed by atoms with Crippen molar-refractivity contribution in [1.29, 1.82) is 0 Å². The number of rotatable bonds is 10. The molecular formula is C27H38N2O3. The number of nitrogens with zero attached hydrogens (tertiary/aromatic N) is 1. The summed E-state index contributed by atoms with van der Waals surface area (Å²) in [6.45, 7) is 13.1. The zero-order valence-electron chi connectivity index (χ0n) is 20.4. The predicted molar refractivity (Wildman–Crippen MR) is 130 cm³/mol. The highest BCUT2D eigenvalue weighted by atomic mass is 16.5. The van der Waals surface area contributed by atoms with Crippen LogP contribution in [0, 0.1) is 6.92 Å². The van der Waals surface area contributed by atoms with Gasteiger partial charge in [-0.25, -0.2) is 0 Å². The van der Waals surface area contributed by atoms with Crippen LogP contribution in [0.15, 0.2) is 48.5 Å². The van der Waals surface area contributed by atoms with E-state index in [1.165, 1.54) is 0 Å². The van der Waals surface area contributed by atoms with Gasteiger partial charge in [0.1, 0.15) is 11.8 Å². The van der Waals surface area contributed by atoms with Crippen molar-refractivity contribution in [3.8, 4) is 5.75 Å². The van der Waals surface area contributed by atoms with Gasteiger partial charge in [0, 0.05) is 13.1 Å². The van der Waals surface area contributed by atoms with Gasteiger partial charge >= 0.3 is 0 Å². The molecule has 174 valence electrons. The van der Waals surface area contributed by atoms with Gasteiger partial charge in [0.2, 0.25) is 5.91 Å². The second-order valence-corrected chi connectivity index (χ2v) is 9.30. The van der Waals surface area contributed by atoms with Crippen molar-refractivity contribution < 1.29 is 14.3 Å². The Bertz CT molecular complexity index is 902. The van der Waals surface area contributed by atoms with Gasteiger partial charge in [-0.05, 0) is 48.4 Å². The maximum atomic E-state index is 13.3. The number of amides is 2. The number of unbranched alkanes of at least 4 members (excludes halogenated alkanes) is 1. The first-order valence-corrected chi connectivity index (χ1v) is 11.5. The van der Waals surface area contributed by atoms with Gasteiger partial charge in [0.25, 0.3) is 5.91 Å². The highest BCUT2D eigenvalue weighted by Gasteiger charge is 2.27. The number of carbonyl (C=O) groups excluding carboxylic acids is 2. The minimum absolute atomic E-state index is 0.104. The van der Waals surface area contributed by atoms with Crippen molar-refractivity contribution in [2.24, 2.45) is 0 Å². The normalized spacial score (nSPS) is 12.2. The highest BCUT2D eigenvalue weighted by Crippen LogP contribution is 2.31. The van der Waals surface area contributed by atoms with E-state index in [4.69, 9.17) is 4.74 Å². The van der Waals surface area contributed by atoms with Gasteiger partial charge < -0.3 is 15.0 Å². The summed E-state index contributed by atoms with van der Waals surface area (Å²) in [5.74, 6) is 0.342. The van der Waals surface area contributed by atoms with Crippen LogP contribution < -0.4 is 10.1 Å². The standard InChI is InChI=1S/C27H38N2O3/c1-7-8-17-28-26(31)21(3)29(18-22-14-10-9-13-20(22)2)25(30)19-32-24-16-12-11-15-23(24)27(4,5)6/h9-16,21H,7-8,17-19H2,1-6H3,(H,28,31). The fourth-order valence-electron chi connectivity index (χ4n) is 3.52. The minimum atomic E-state index is -0.597. The predicted octanol–water partition coefficient (Wildman–Crippen LogP) is 5.00. The third-order valence-electron chi connectivity index (χ3n) is 5.65. The molecule has 0 spiro atoms. The fourth-order valence-corrected chi connectivity index (χ4v) is 3.52. The molecule has 2 aromatic carbocycles. The second kappa shape index (κ2) is 11.7. The van der Waals surface area contributed by atoms with E-state index < -0.39 is 6.04 Å². The number of hydrogen-bond donors (Lipinski definition) is 1. The van der Waals surface area contributed by atoms with Crippen LogP contribution in [0.2, 0.25) is 0 Å². The second-order valence-electron chi connectivity index (χ2n) is 9.30. The molecule has 0 fully saturated rings. The number of nitrogens with one attached hydrogen (secondary N) is 1. The largest absolute Gasteiger partial charge is 0.483 e. The topological polar surface area (TPSA) is 58.6 Å². The summed E-state index contributed by atoms with van der Waals surface area (Å²) in [5.41, 5.74) is 3.04. The Morgan fingerprint density at radius 3 is 2.38 bits per heavy atom. The van der Waals surface area contributed by atoms with Gasteiger partial charge in [-0.3, -0.25) is 9.59 Å². The van der Waals surface area contributed by atoms with Crippen molar-refractivity contribution in [1.82, 2.24) is 10.2 Å². The number of para-hydroxylation sites is 1. The molecule has 0 aromatic heterocycles. The van der Waals surface area contributed by atoms with Crippen LogP contribution in [0.25, 0.3) is 0 Å². The van der Waals surface area contributed by atoms with E-state index >= 15 is 0 Å². The molecule has 1 atom stereocenters. The molecule has 0 heterocycles. The van der Waals surface area contributed by atoms with Crippen LogP contribution in [0.1, 0.15) is 64.2 Å². The number of carbonyl (C=O) groups is 2. The molecule has 0 aliphatic carbocycles. The summed E-state index contributed by atoms with van der Waals surface area (Å²) >= 11 is 0. The van der Waals surface area contributed by atoms with Crippen LogP contribution in [-0.4, -0.2) is 35.9 Å². The molecule has 0 bridgehead atoms. The Hall–Kier alpha value is -2.82. The molecule has 2 amide bonds. The zero-order chi connectivity index (χ0) is 23.7. The van der Waals surface area contributed by atoms with E-state index in [0.29, 0.717) is 18.8 Å². The lowest BCUT2D eigenvalue weighted by atomic mass is 9.86. The monoisotopic (exact) mass is 438 g/mol. The molecule has 0 saturated heterocycles. The minimum Gasteiger partial charge on any atom is -0.483 e. The molecule has 5 heteroatoms. The van der Waals surface area contributed by atoms with Gasteiger partial charge in [0.05, 0.1) is 0 Å². The summed E-state index contributed by atoms with van der Waals surface area (Å²) < 4.78 is 5.98. The Labute approximate surface area is 193 Å². The maximum absolute atomic E-state index is 13.3. The first-order chi connectivity index (χ1) is 15.1. The van der Waals surface area contributed by atoms with Gasteiger partial charge in [0.15, 0.2) is 6.61 Å². The molecular weight excluding hydrogens is 400 g/mol. The number of ether oxygens (including phenoxy) is 1. The van der Waals surface area contributed by atoms with E-state index in [1.54, 1.807) is 11.8 Å². The van der Waals surface area contributed by atoms with Crippen molar-refractivity contribution in [3.05, 3.63) is 65.2 Å². The molecule has 0 aliphatic rings. The Morgan fingerprint density at radius 2 is 1.72 bits per heavy atom. The smallest absolute Gasteiger partial charge is 0.261 e. The summed E-state index contributed by atoms with van der Waals surface area (Å²) in [4.78, 5) is 27.7. The Morgan fingerprint density at radius 1 is 1.06 bits per heavy atom. The summed E-state index contributed by atoms with van der Waals surface area (Å²) in [5, 5.41) is 2.95. The zero-order valence-corrected chi connectivity index (χ0v) is 20.4. The third kappa shape index (κ3) is 7.11. The molecule has 0 saturated carbocycles. The number of hydrogen-bond acceptors (Lipinski definition) is 3. The van der Waals surface area contributed by atoms with Gasteiger partial charge in [-0.15, -0.1) is 0 Å². The first-order valence-electron chi connectivity index (χ1n) is 11.5. The lowest BCUT2D eigenvalue weighted by Gasteiger charge is -2.30. The van der Waals surface area contributed by atoms with Crippen molar-refractivity contribution >= 4 is 11.8 Å². The Kier molecular flexibility index (Phi) is 9.30. The third-order valence-corrected chi connectivity index (χ3v) is 5.65. The van der Waals surface area contributed by atoms with Crippen molar-refractivity contribution in [2.45, 2.75) is 72.4 Å². The van der Waals surface area contributed by atoms with E-state index in [-0.39, 0.29) is 23.8 Å². The van der Waals surface area contributed by atoms with Crippen LogP contribution >= 0.6 is 0 Å². The summed E-state index contributed by atoms with van der Waals surface area (Å²) in [6.07, 6.45) is 1.92. The van der Waals surface area contributed by atoms with E-state index in [2.05, 4.69) is 33.0 Å². The average Bonchev–Trinajstić information content (AvgIpc) is 2.76. The molecule has 2 aromatic rings. The van der Waals surface area contributed by atoms with Crippen molar-refractivity contribution in [2.75, 3.05) is 13.2 Å². The lowest BCUT2D eigenvalue weighted by Crippen LogP contribution is -2.49. The fraction of sp³-hybridized carbons (Fsp3) is 0.481. The molecule has 0 radical (unpaired) electrons.